The Bertz CT molecular complexity index is 1100. The number of hydrogen-bond donors (Lipinski definition) is 2. The molecule has 0 saturated carbocycles. The minimum absolute atomic E-state index is 0.0458. The second-order valence-electron chi connectivity index (χ2n) is 7.58. The molecule has 8 nitrogen and oxygen atoms in total. The first kappa shape index (κ1) is 24.9. The topological polar surface area (TPSA) is 91.7 Å². The zero-order valence-corrected chi connectivity index (χ0v) is 18.8. The van der Waals surface area contributed by atoms with Crippen molar-refractivity contribution in [3.8, 4) is 0 Å². The Morgan fingerprint density at radius 1 is 1.29 bits per heavy atom. The van der Waals surface area contributed by atoms with E-state index >= 15 is 0 Å². The highest BCUT2D eigenvalue weighted by Crippen LogP contribution is 2.28. The highest BCUT2D eigenvalue weighted by atomic mass is 19.4. The number of hydrogen-bond acceptors (Lipinski definition) is 7. The van der Waals surface area contributed by atoms with Crippen LogP contribution in [0.1, 0.15) is 24.2 Å². The van der Waals surface area contributed by atoms with Gasteiger partial charge in [0.05, 0.1) is 30.8 Å². The highest BCUT2D eigenvalue weighted by molar-refractivity contribution is 6.06. The third-order valence-electron chi connectivity index (χ3n) is 5.11. The maximum absolute atomic E-state index is 12.9. The van der Waals surface area contributed by atoms with Crippen LogP contribution in [0.2, 0.25) is 0 Å². The number of aromatic nitrogens is 2. The van der Waals surface area contributed by atoms with Crippen LogP contribution in [0.3, 0.4) is 0 Å². The molecule has 2 aromatic rings. The zero-order valence-electron chi connectivity index (χ0n) is 18.8. The lowest BCUT2D eigenvalue weighted by atomic mass is 10.2. The van der Waals surface area contributed by atoms with E-state index in [0.29, 0.717) is 25.4 Å². The molecule has 1 atom stereocenters. The molecule has 11 heteroatoms. The minimum Gasteiger partial charge on any atom is -0.377 e. The molecule has 34 heavy (non-hydrogen) atoms. The Morgan fingerprint density at radius 2 is 2.09 bits per heavy atom. The van der Waals surface area contributed by atoms with Crippen LogP contribution in [0.25, 0.3) is 0 Å². The Kier molecular flexibility index (Phi) is 8.00. The standard InChI is InChI=1S/C23H25F3N6O2/c1-15(23(24,25)26)4-5-20(27-3)31-21-12-17(6-9-29-21)22(33)30-18-13-28-8-7-19(18)32-10-11-34-14-16(32)2/h4-9,12-13,16H,3,10-11,14H2,1-2H3,(H,29,31)(H,30,33)/b15-4+,20-5+/t16-/m0/s1. The summed E-state index contributed by atoms with van der Waals surface area (Å²) in [4.78, 5) is 27.0. The number of aliphatic imine (C=N–C) groups is 1. The summed E-state index contributed by atoms with van der Waals surface area (Å²) in [5, 5.41) is 5.63. The van der Waals surface area contributed by atoms with Crippen LogP contribution in [0, 0.1) is 0 Å². The summed E-state index contributed by atoms with van der Waals surface area (Å²) in [5.74, 6) is -0.132. The second kappa shape index (κ2) is 10.9. The molecule has 2 N–H and O–H groups in total. The molecule has 0 aromatic carbocycles. The first-order valence-corrected chi connectivity index (χ1v) is 10.4. The van der Waals surface area contributed by atoms with Crippen LogP contribution in [-0.4, -0.2) is 54.6 Å². The molecule has 0 bridgehead atoms. The lowest BCUT2D eigenvalue weighted by molar-refractivity contribution is -0.0913. The maximum Gasteiger partial charge on any atom is 0.412 e. The normalized spacial score (nSPS) is 17.3. The average molecular weight is 474 g/mol. The van der Waals surface area contributed by atoms with E-state index in [4.69, 9.17) is 4.74 Å². The lowest BCUT2D eigenvalue weighted by Gasteiger charge is -2.36. The molecular weight excluding hydrogens is 449 g/mol. The van der Waals surface area contributed by atoms with Crippen molar-refractivity contribution in [3.63, 3.8) is 0 Å². The van der Waals surface area contributed by atoms with Crippen molar-refractivity contribution in [1.29, 1.82) is 0 Å². The number of allylic oxidation sites excluding steroid dienone is 3. The van der Waals surface area contributed by atoms with Gasteiger partial charge in [0.25, 0.3) is 5.91 Å². The number of alkyl halides is 3. The summed E-state index contributed by atoms with van der Waals surface area (Å²) in [6, 6.07) is 4.95. The van der Waals surface area contributed by atoms with E-state index in [-0.39, 0.29) is 23.2 Å². The number of nitrogens with one attached hydrogen (secondary N) is 2. The molecule has 1 aliphatic rings. The molecule has 1 saturated heterocycles. The fourth-order valence-corrected chi connectivity index (χ4v) is 3.22. The summed E-state index contributed by atoms with van der Waals surface area (Å²) >= 11 is 0. The van der Waals surface area contributed by atoms with E-state index in [9.17, 15) is 18.0 Å². The molecular formula is C23H25F3N6O2. The van der Waals surface area contributed by atoms with Crippen molar-refractivity contribution >= 4 is 29.8 Å². The number of halogens is 3. The van der Waals surface area contributed by atoms with Gasteiger partial charge in [-0.25, -0.2) is 9.98 Å². The monoisotopic (exact) mass is 474 g/mol. The molecule has 1 amide bonds. The first-order chi connectivity index (χ1) is 16.2. The fourth-order valence-electron chi connectivity index (χ4n) is 3.22. The number of carbonyl (C=O) groups is 1. The quantitative estimate of drug-likeness (QED) is 0.456. The summed E-state index contributed by atoms with van der Waals surface area (Å²) in [6.07, 6.45) is 2.21. The van der Waals surface area contributed by atoms with E-state index in [1.807, 2.05) is 13.0 Å². The number of anilines is 3. The molecule has 1 fully saturated rings. The van der Waals surface area contributed by atoms with Crippen molar-refractivity contribution in [2.45, 2.75) is 26.1 Å². The number of morpholine rings is 1. The van der Waals surface area contributed by atoms with Gasteiger partial charge in [-0.3, -0.25) is 9.78 Å². The van der Waals surface area contributed by atoms with Crippen molar-refractivity contribution in [1.82, 2.24) is 9.97 Å². The van der Waals surface area contributed by atoms with Gasteiger partial charge in [-0.1, -0.05) is 6.08 Å². The summed E-state index contributed by atoms with van der Waals surface area (Å²) in [6.45, 7) is 8.19. The molecule has 0 spiro atoms. The number of pyridine rings is 2. The fraction of sp³-hybridized carbons (Fsp3) is 0.304. The molecule has 180 valence electrons. The molecule has 0 unspecified atom stereocenters. The molecule has 3 heterocycles. The molecule has 3 rings (SSSR count). The minimum atomic E-state index is -4.44. The van der Waals surface area contributed by atoms with E-state index in [1.54, 1.807) is 12.4 Å². The summed E-state index contributed by atoms with van der Waals surface area (Å²) in [5.41, 5.74) is 0.874. The van der Waals surface area contributed by atoms with E-state index in [1.165, 1.54) is 18.3 Å². The number of ether oxygens (including phenoxy) is 1. The zero-order chi connectivity index (χ0) is 24.7. The van der Waals surface area contributed by atoms with Gasteiger partial charge in [-0.05, 0) is 44.8 Å². The Balaban J connectivity index is 1.77. The number of rotatable bonds is 7. The van der Waals surface area contributed by atoms with Gasteiger partial charge in [0.1, 0.15) is 11.6 Å². The lowest BCUT2D eigenvalue weighted by Crippen LogP contribution is -2.44. The predicted octanol–water partition coefficient (Wildman–Crippen LogP) is 4.42. The largest absolute Gasteiger partial charge is 0.412 e. The van der Waals surface area contributed by atoms with Gasteiger partial charge in [0.15, 0.2) is 0 Å². The van der Waals surface area contributed by atoms with Gasteiger partial charge in [-0.15, -0.1) is 0 Å². The van der Waals surface area contributed by atoms with Gasteiger partial charge in [0.2, 0.25) is 0 Å². The van der Waals surface area contributed by atoms with Crippen LogP contribution in [0.4, 0.5) is 30.4 Å². The molecule has 0 radical (unpaired) electrons. The third-order valence-corrected chi connectivity index (χ3v) is 5.11. The third kappa shape index (κ3) is 6.41. The summed E-state index contributed by atoms with van der Waals surface area (Å²) in [7, 11) is 0. The molecule has 0 aliphatic carbocycles. The SMILES string of the molecule is C=N/C(=C\C=C(/C)C(F)(F)F)Nc1cc(C(=O)Nc2cnccc2N2CCOC[C@@H]2C)ccn1. The van der Waals surface area contributed by atoms with Crippen LogP contribution in [-0.2, 0) is 4.74 Å². The number of amides is 1. The molecule has 2 aromatic heterocycles. The van der Waals surface area contributed by atoms with Crippen LogP contribution in [0.5, 0.6) is 0 Å². The number of nitrogens with zero attached hydrogens (tertiary/aromatic N) is 4. The van der Waals surface area contributed by atoms with Crippen molar-refractivity contribution in [2.75, 3.05) is 35.3 Å². The van der Waals surface area contributed by atoms with Gasteiger partial charge < -0.3 is 20.3 Å². The van der Waals surface area contributed by atoms with Crippen molar-refractivity contribution in [3.05, 3.63) is 65.9 Å². The molecule has 1 aliphatic heterocycles. The van der Waals surface area contributed by atoms with Crippen molar-refractivity contribution in [2.24, 2.45) is 4.99 Å². The van der Waals surface area contributed by atoms with E-state index in [0.717, 1.165) is 24.8 Å². The summed E-state index contributed by atoms with van der Waals surface area (Å²) < 4.78 is 43.5. The van der Waals surface area contributed by atoms with Crippen LogP contribution < -0.4 is 15.5 Å². The highest BCUT2D eigenvalue weighted by Gasteiger charge is 2.29. The van der Waals surface area contributed by atoms with Gasteiger partial charge in [-0.2, -0.15) is 13.2 Å². The maximum atomic E-state index is 12.9. The first-order valence-electron chi connectivity index (χ1n) is 10.4. The van der Waals surface area contributed by atoms with Crippen molar-refractivity contribution < 1.29 is 22.7 Å². The Hall–Kier alpha value is -3.73. The van der Waals surface area contributed by atoms with Crippen LogP contribution in [0.15, 0.2) is 65.3 Å². The smallest absolute Gasteiger partial charge is 0.377 e. The predicted molar refractivity (Wildman–Crippen MR) is 125 cm³/mol. The van der Waals surface area contributed by atoms with Crippen LogP contribution >= 0.6 is 0 Å². The Morgan fingerprint density at radius 3 is 2.79 bits per heavy atom. The van der Waals surface area contributed by atoms with Gasteiger partial charge >= 0.3 is 6.18 Å². The second-order valence-corrected chi connectivity index (χ2v) is 7.58. The van der Waals surface area contributed by atoms with E-state index in [2.05, 4.69) is 37.2 Å². The number of carbonyl (C=O) groups excluding carboxylic acids is 1. The average Bonchev–Trinajstić information content (AvgIpc) is 2.82. The van der Waals surface area contributed by atoms with E-state index < -0.39 is 17.7 Å². The van der Waals surface area contributed by atoms with Gasteiger partial charge in [0, 0.05) is 36.1 Å². The Labute approximate surface area is 195 Å².